The molecule has 4 heterocycles. The molecule has 2 bridgehead atoms. The van der Waals surface area contributed by atoms with Crippen LogP contribution in [0.4, 0.5) is 11.5 Å². The molecule has 1 spiro atoms. The number of Topliss-reactive ketones (excluding diaryl/α,β-unsaturated/α-hetero) is 1. The number of amides is 3. The molecule has 0 unspecified atom stereocenters. The van der Waals surface area contributed by atoms with Gasteiger partial charge in [0.25, 0.3) is 0 Å². The number of nitrogens with zero attached hydrogens (tertiary/aromatic N) is 2. The molecule has 204 valence electrons. The third-order valence-corrected chi connectivity index (χ3v) is 8.59. The smallest absolute Gasteiger partial charge is 0.246 e. The molecule has 3 aliphatic heterocycles. The Balaban J connectivity index is 1.41. The van der Waals surface area contributed by atoms with Gasteiger partial charge < -0.3 is 19.9 Å². The SMILES string of the molecule is CC(=O)c1cccc(N2C(=O)[C@@H]3[C@H](C(=O)Nc4cc(C)on4)[C@@]4(C)C=C[C@@]3(O4)[C@@H]2C(=O)NC2CCCCC2)c1. The summed E-state index contributed by atoms with van der Waals surface area (Å²) in [7, 11) is 0. The highest BCUT2D eigenvalue weighted by Crippen LogP contribution is 2.60. The number of hydrogen-bond acceptors (Lipinski definition) is 7. The number of carbonyl (C=O) groups excluding carboxylic acids is 4. The number of aromatic nitrogens is 1. The number of aryl methyl sites for hydroxylation is 1. The predicted octanol–water partition coefficient (Wildman–Crippen LogP) is 3.32. The molecule has 1 aliphatic carbocycles. The van der Waals surface area contributed by atoms with E-state index in [0.29, 0.717) is 17.0 Å². The van der Waals surface area contributed by atoms with Crippen LogP contribution in [0.1, 0.15) is 62.1 Å². The molecule has 1 saturated carbocycles. The summed E-state index contributed by atoms with van der Waals surface area (Å²) in [5, 5.41) is 9.79. The van der Waals surface area contributed by atoms with Gasteiger partial charge in [0.2, 0.25) is 17.7 Å². The molecule has 10 nitrogen and oxygen atoms in total. The van der Waals surface area contributed by atoms with E-state index in [1.807, 2.05) is 0 Å². The molecule has 3 amide bonds. The van der Waals surface area contributed by atoms with E-state index in [-0.39, 0.29) is 23.6 Å². The van der Waals surface area contributed by atoms with E-state index in [2.05, 4.69) is 15.8 Å². The maximum atomic E-state index is 14.3. The summed E-state index contributed by atoms with van der Waals surface area (Å²) in [4.78, 5) is 55.6. The molecule has 1 aromatic heterocycles. The van der Waals surface area contributed by atoms with Crippen LogP contribution in [0.2, 0.25) is 0 Å². The average Bonchev–Trinajstić information content (AvgIpc) is 3.61. The van der Waals surface area contributed by atoms with Gasteiger partial charge in [-0.25, -0.2) is 0 Å². The van der Waals surface area contributed by atoms with E-state index in [9.17, 15) is 19.2 Å². The highest BCUT2D eigenvalue weighted by atomic mass is 16.5. The molecular formula is C29H32N4O6. The van der Waals surface area contributed by atoms with Crippen molar-refractivity contribution in [3.63, 3.8) is 0 Å². The van der Waals surface area contributed by atoms with Gasteiger partial charge in [-0.1, -0.05) is 48.7 Å². The molecule has 3 fully saturated rings. The first-order valence-electron chi connectivity index (χ1n) is 13.5. The van der Waals surface area contributed by atoms with E-state index in [4.69, 9.17) is 9.26 Å². The summed E-state index contributed by atoms with van der Waals surface area (Å²) in [6, 6.07) is 7.23. The monoisotopic (exact) mass is 532 g/mol. The first-order chi connectivity index (χ1) is 18.6. The van der Waals surface area contributed by atoms with E-state index in [1.54, 1.807) is 56.3 Å². The number of anilines is 2. The van der Waals surface area contributed by atoms with Crippen molar-refractivity contribution in [2.45, 2.75) is 76.2 Å². The van der Waals surface area contributed by atoms with Gasteiger partial charge in [0.1, 0.15) is 17.4 Å². The van der Waals surface area contributed by atoms with Gasteiger partial charge in [-0.3, -0.25) is 24.1 Å². The van der Waals surface area contributed by atoms with Gasteiger partial charge in [0.15, 0.2) is 11.6 Å². The zero-order valence-corrected chi connectivity index (χ0v) is 22.2. The van der Waals surface area contributed by atoms with Gasteiger partial charge in [-0.2, -0.15) is 0 Å². The molecule has 1 aromatic carbocycles. The number of nitrogens with one attached hydrogen (secondary N) is 2. The number of benzene rings is 1. The highest BCUT2D eigenvalue weighted by molar-refractivity contribution is 6.12. The normalized spacial score (nSPS) is 31.4. The largest absolute Gasteiger partial charge is 0.360 e. The Bertz CT molecular complexity index is 1390. The number of ether oxygens (including phenoxy) is 1. The average molecular weight is 533 g/mol. The van der Waals surface area contributed by atoms with Crippen LogP contribution < -0.4 is 15.5 Å². The number of rotatable bonds is 6. The molecule has 4 aliphatic rings. The van der Waals surface area contributed by atoms with Crippen molar-refractivity contribution in [1.82, 2.24) is 10.5 Å². The summed E-state index contributed by atoms with van der Waals surface area (Å²) >= 11 is 0. The first-order valence-corrected chi connectivity index (χ1v) is 13.5. The van der Waals surface area contributed by atoms with Crippen LogP contribution in [0.3, 0.4) is 0 Å². The van der Waals surface area contributed by atoms with Crippen molar-refractivity contribution < 1.29 is 28.4 Å². The summed E-state index contributed by atoms with van der Waals surface area (Å²) in [6.07, 6.45) is 8.51. The lowest BCUT2D eigenvalue weighted by molar-refractivity contribution is -0.131. The quantitative estimate of drug-likeness (QED) is 0.431. The Kier molecular flexibility index (Phi) is 5.98. The van der Waals surface area contributed by atoms with Crippen LogP contribution in [0.15, 0.2) is 47.0 Å². The van der Waals surface area contributed by atoms with Gasteiger partial charge in [-0.15, -0.1) is 0 Å². The standard InChI is InChI=1S/C29H32N4O6/c1-16-14-21(32-38-16)31-25(35)22-23-27(37)33(20-11-7-8-18(15-20)17(2)34)24(29(23)13-12-28(22,3)39-29)26(36)30-19-9-5-4-6-10-19/h7-8,11-15,19,22-24H,4-6,9-10H2,1-3H3,(H,30,36)(H,31,32,35)/t22-,23+,24+,28-,29+/m1/s1. The fourth-order valence-corrected chi connectivity index (χ4v) is 6.84. The summed E-state index contributed by atoms with van der Waals surface area (Å²) < 4.78 is 11.6. The summed E-state index contributed by atoms with van der Waals surface area (Å²) in [5.41, 5.74) is -1.61. The first kappa shape index (κ1) is 25.5. The van der Waals surface area contributed by atoms with E-state index in [0.717, 1.165) is 32.1 Å². The fourth-order valence-electron chi connectivity index (χ4n) is 6.84. The van der Waals surface area contributed by atoms with E-state index < -0.39 is 40.9 Å². The van der Waals surface area contributed by atoms with E-state index in [1.165, 1.54) is 11.8 Å². The Morgan fingerprint density at radius 3 is 2.54 bits per heavy atom. The molecule has 2 N–H and O–H groups in total. The Hall–Kier alpha value is -3.79. The fraction of sp³-hybridized carbons (Fsp3) is 0.483. The number of fused-ring (bicyclic) bond motifs is 1. The minimum absolute atomic E-state index is 0.00914. The minimum Gasteiger partial charge on any atom is -0.360 e. The molecule has 2 saturated heterocycles. The van der Waals surface area contributed by atoms with Gasteiger partial charge in [0, 0.05) is 23.4 Å². The second-order valence-corrected chi connectivity index (χ2v) is 11.3. The zero-order chi connectivity index (χ0) is 27.5. The number of hydrogen-bond donors (Lipinski definition) is 2. The molecule has 39 heavy (non-hydrogen) atoms. The third-order valence-electron chi connectivity index (χ3n) is 8.59. The van der Waals surface area contributed by atoms with Gasteiger partial charge >= 0.3 is 0 Å². The second-order valence-electron chi connectivity index (χ2n) is 11.3. The summed E-state index contributed by atoms with van der Waals surface area (Å²) in [5.74, 6) is -2.43. The molecular weight excluding hydrogens is 500 g/mol. The minimum atomic E-state index is -1.35. The van der Waals surface area contributed by atoms with Crippen LogP contribution in [-0.4, -0.2) is 51.9 Å². The van der Waals surface area contributed by atoms with Crippen molar-refractivity contribution in [3.8, 4) is 0 Å². The lowest BCUT2D eigenvalue weighted by atomic mass is 9.70. The van der Waals surface area contributed by atoms with Crippen LogP contribution in [0.25, 0.3) is 0 Å². The highest BCUT2D eigenvalue weighted by Gasteiger charge is 2.76. The molecule has 2 aromatic rings. The molecule has 10 heteroatoms. The van der Waals surface area contributed by atoms with Crippen LogP contribution in [0, 0.1) is 18.8 Å². The van der Waals surface area contributed by atoms with Crippen molar-refractivity contribution in [3.05, 3.63) is 53.8 Å². The van der Waals surface area contributed by atoms with E-state index >= 15 is 0 Å². The van der Waals surface area contributed by atoms with Crippen molar-refractivity contribution in [2.75, 3.05) is 10.2 Å². The Morgan fingerprint density at radius 1 is 1.08 bits per heavy atom. The molecule has 5 atom stereocenters. The van der Waals surface area contributed by atoms with Crippen molar-refractivity contribution >= 4 is 35.0 Å². The second kappa shape index (κ2) is 9.15. The van der Waals surface area contributed by atoms with Crippen LogP contribution in [-0.2, 0) is 19.1 Å². The van der Waals surface area contributed by atoms with Crippen LogP contribution >= 0.6 is 0 Å². The number of carbonyl (C=O) groups is 4. The Labute approximate surface area is 226 Å². The summed E-state index contributed by atoms with van der Waals surface area (Å²) in [6.45, 7) is 4.93. The maximum absolute atomic E-state index is 14.3. The third kappa shape index (κ3) is 4.00. The molecule has 6 rings (SSSR count). The lowest BCUT2D eigenvalue weighted by Crippen LogP contribution is -2.56. The Morgan fingerprint density at radius 2 is 1.85 bits per heavy atom. The topological polar surface area (TPSA) is 131 Å². The van der Waals surface area contributed by atoms with Gasteiger partial charge in [0.05, 0.1) is 17.4 Å². The zero-order valence-electron chi connectivity index (χ0n) is 22.2. The van der Waals surface area contributed by atoms with Gasteiger partial charge in [-0.05, 0) is 45.7 Å². The number of ketones is 1. The van der Waals surface area contributed by atoms with Crippen molar-refractivity contribution in [2.24, 2.45) is 11.8 Å². The molecule has 0 radical (unpaired) electrons. The predicted molar refractivity (Wildman–Crippen MR) is 141 cm³/mol. The van der Waals surface area contributed by atoms with Crippen LogP contribution in [0.5, 0.6) is 0 Å². The van der Waals surface area contributed by atoms with Crippen molar-refractivity contribution in [1.29, 1.82) is 0 Å². The maximum Gasteiger partial charge on any atom is 0.246 e. The lowest BCUT2D eigenvalue weighted by Gasteiger charge is -2.34.